The van der Waals surface area contributed by atoms with Crippen LogP contribution in [0.3, 0.4) is 0 Å². The van der Waals surface area contributed by atoms with E-state index in [1.165, 1.54) is 36.0 Å². The van der Waals surface area contributed by atoms with Gasteiger partial charge in [0.15, 0.2) is 0 Å². The smallest absolute Gasteiger partial charge is 0.345 e. The molecule has 6 nitrogen and oxygen atoms in total. The molecule has 0 unspecified atom stereocenters. The third kappa shape index (κ3) is 2.96. The fourth-order valence-electron chi connectivity index (χ4n) is 1.42. The quantitative estimate of drug-likeness (QED) is 0.686. The van der Waals surface area contributed by atoms with Gasteiger partial charge in [0, 0.05) is 27.3 Å². The first-order valence-electron chi connectivity index (χ1n) is 5.19. The molecule has 20 heavy (non-hydrogen) atoms. The molecule has 0 amide bonds. The zero-order valence-corrected chi connectivity index (χ0v) is 11.4. The van der Waals surface area contributed by atoms with Gasteiger partial charge >= 0.3 is 5.97 Å². The second-order valence-electron chi connectivity index (χ2n) is 3.60. The minimum atomic E-state index is -1.01. The number of nitro benzene ring substituents is 1. The summed E-state index contributed by atoms with van der Waals surface area (Å²) < 4.78 is 0. The molecule has 0 aliphatic carbocycles. The maximum Gasteiger partial charge on any atom is 0.345 e. The minimum absolute atomic E-state index is 0.151. The Hall–Kier alpha value is -2.37. The number of carboxylic acid groups (broad SMARTS) is 1. The molecule has 0 saturated carbocycles. The summed E-state index contributed by atoms with van der Waals surface area (Å²) in [7, 11) is 0. The largest absolute Gasteiger partial charge is 0.477 e. The lowest BCUT2D eigenvalue weighted by Crippen LogP contribution is -1.90. The molecular formula is C12H6N2O4S2. The second-order valence-corrected chi connectivity index (χ2v) is 5.63. The van der Waals surface area contributed by atoms with E-state index in [1.54, 1.807) is 5.38 Å². The SMILES string of the molecule is N#Cc1cc([N+](=O)[O-])ccc1Sc1csc(C(=O)O)c1. The van der Waals surface area contributed by atoms with Gasteiger partial charge < -0.3 is 5.11 Å². The van der Waals surface area contributed by atoms with Crippen LogP contribution in [0.15, 0.2) is 39.4 Å². The Labute approximate surface area is 121 Å². The van der Waals surface area contributed by atoms with Gasteiger partial charge in [-0.15, -0.1) is 11.3 Å². The summed E-state index contributed by atoms with van der Waals surface area (Å²) in [4.78, 5) is 22.3. The van der Waals surface area contributed by atoms with E-state index < -0.39 is 10.9 Å². The molecular weight excluding hydrogens is 300 g/mol. The predicted molar refractivity (Wildman–Crippen MR) is 73.2 cm³/mol. The summed E-state index contributed by atoms with van der Waals surface area (Å²) >= 11 is 2.29. The van der Waals surface area contributed by atoms with E-state index >= 15 is 0 Å². The van der Waals surface area contributed by atoms with Crippen LogP contribution in [0.5, 0.6) is 0 Å². The van der Waals surface area contributed by atoms with Crippen LogP contribution < -0.4 is 0 Å². The van der Waals surface area contributed by atoms with E-state index in [2.05, 4.69) is 0 Å². The summed E-state index contributed by atoms with van der Waals surface area (Å²) in [6.07, 6.45) is 0. The van der Waals surface area contributed by atoms with Gasteiger partial charge in [0.25, 0.3) is 5.69 Å². The summed E-state index contributed by atoms with van der Waals surface area (Å²) in [5.74, 6) is -1.01. The lowest BCUT2D eigenvalue weighted by atomic mass is 10.2. The topological polar surface area (TPSA) is 104 Å². The molecule has 1 heterocycles. The van der Waals surface area contributed by atoms with E-state index in [0.717, 1.165) is 11.3 Å². The summed E-state index contributed by atoms with van der Waals surface area (Å²) in [6, 6.07) is 7.40. The van der Waals surface area contributed by atoms with Crippen molar-refractivity contribution in [3.05, 3.63) is 50.2 Å². The Morgan fingerprint density at radius 3 is 2.75 bits per heavy atom. The first-order chi connectivity index (χ1) is 9.51. The van der Waals surface area contributed by atoms with Crippen molar-refractivity contribution in [2.45, 2.75) is 9.79 Å². The molecule has 0 spiro atoms. The molecule has 1 aromatic heterocycles. The average molecular weight is 306 g/mol. The molecule has 0 bridgehead atoms. The third-order valence-electron chi connectivity index (χ3n) is 2.31. The molecule has 2 rings (SSSR count). The molecule has 0 fully saturated rings. The number of thiophene rings is 1. The van der Waals surface area contributed by atoms with E-state index in [1.807, 2.05) is 6.07 Å². The first kappa shape index (κ1) is 14.0. The molecule has 100 valence electrons. The van der Waals surface area contributed by atoms with Crippen molar-refractivity contribution in [1.29, 1.82) is 5.26 Å². The molecule has 0 radical (unpaired) electrons. The molecule has 0 aliphatic heterocycles. The lowest BCUT2D eigenvalue weighted by molar-refractivity contribution is -0.384. The molecule has 1 aromatic carbocycles. The summed E-state index contributed by atoms with van der Waals surface area (Å²) in [6.45, 7) is 0. The van der Waals surface area contributed by atoms with Crippen LogP contribution >= 0.6 is 23.1 Å². The Morgan fingerprint density at radius 1 is 1.45 bits per heavy atom. The van der Waals surface area contributed by atoms with Gasteiger partial charge in [0.2, 0.25) is 0 Å². The summed E-state index contributed by atoms with van der Waals surface area (Å²) in [5, 5.41) is 30.2. The number of nitrogens with zero attached hydrogens (tertiary/aromatic N) is 2. The van der Waals surface area contributed by atoms with Crippen molar-refractivity contribution in [1.82, 2.24) is 0 Å². The van der Waals surface area contributed by atoms with Crippen molar-refractivity contribution < 1.29 is 14.8 Å². The van der Waals surface area contributed by atoms with Crippen LogP contribution in [0.4, 0.5) is 5.69 Å². The van der Waals surface area contributed by atoms with Crippen LogP contribution in [-0.2, 0) is 0 Å². The molecule has 8 heteroatoms. The number of aromatic carboxylic acids is 1. The number of rotatable bonds is 4. The van der Waals surface area contributed by atoms with Gasteiger partial charge in [0.1, 0.15) is 10.9 Å². The first-order valence-corrected chi connectivity index (χ1v) is 6.89. The van der Waals surface area contributed by atoms with Crippen molar-refractivity contribution in [2.75, 3.05) is 0 Å². The Bertz CT molecular complexity index is 733. The average Bonchev–Trinajstić information content (AvgIpc) is 2.87. The number of carbonyl (C=O) groups is 1. The van der Waals surface area contributed by atoms with Crippen molar-refractivity contribution >= 4 is 34.8 Å². The van der Waals surface area contributed by atoms with Crippen LogP contribution in [0.2, 0.25) is 0 Å². The number of hydrogen-bond acceptors (Lipinski definition) is 6. The fraction of sp³-hybridized carbons (Fsp3) is 0. The number of hydrogen-bond donors (Lipinski definition) is 1. The van der Waals surface area contributed by atoms with E-state index in [9.17, 15) is 14.9 Å². The predicted octanol–water partition coefficient (Wildman–Crippen LogP) is 3.38. The Kier molecular flexibility index (Phi) is 4.02. The molecule has 0 saturated heterocycles. The fourth-order valence-corrected chi connectivity index (χ4v) is 3.22. The van der Waals surface area contributed by atoms with Gasteiger partial charge in [-0.1, -0.05) is 11.8 Å². The maximum atomic E-state index is 10.8. The number of nitriles is 1. The summed E-state index contributed by atoms with van der Waals surface area (Å²) in [5.41, 5.74) is 0.0368. The van der Waals surface area contributed by atoms with Crippen LogP contribution in [0.1, 0.15) is 15.2 Å². The minimum Gasteiger partial charge on any atom is -0.477 e. The standard InChI is InChI=1S/C12H6N2O4S2/c13-5-7-3-8(14(17)18)1-2-10(7)20-9-4-11(12(15)16)19-6-9/h1-4,6H,(H,15,16). The molecule has 0 atom stereocenters. The number of nitro groups is 1. The molecule has 1 N–H and O–H groups in total. The van der Waals surface area contributed by atoms with Gasteiger partial charge in [-0.2, -0.15) is 5.26 Å². The van der Waals surface area contributed by atoms with Gasteiger partial charge in [-0.3, -0.25) is 10.1 Å². The van der Waals surface area contributed by atoms with Gasteiger partial charge in [-0.05, 0) is 12.1 Å². The second kappa shape index (κ2) is 5.73. The van der Waals surface area contributed by atoms with Gasteiger partial charge in [-0.25, -0.2) is 4.79 Å². The highest BCUT2D eigenvalue weighted by molar-refractivity contribution is 7.99. The lowest BCUT2D eigenvalue weighted by Gasteiger charge is -2.01. The van der Waals surface area contributed by atoms with Crippen molar-refractivity contribution in [3.63, 3.8) is 0 Å². The number of benzene rings is 1. The van der Waals surface area contributed by atoms with E-state index in [0.29, 0.717) is 9.79 Å². The highest BCUT2D eigenvalue weighted by Gasteiger charge is 2.13. The Balaban J connectivity index is 2.31. The molecule has 0 aliphatic rings. The van der Waals surface area contributed by atoms with E-state index in [-0.39, 0.29) is 16.1 Å². The number of non-ortho nitro benzene ring substituents is 1. The van der Waals surface area contributed by atoms with Crippen molar-refractivity contribution in [2.24, 2.45) is 0 Å². The third-order valence-corrected chi connectivity index (χ3v) is 4.42. The highest BCUT2D eigenvalue weighted by Crippen LogP contribution is 2.34. The van der Waals surface area contributed by atoms with Gasteiger partial charge in [0.05, 0.1) is 10.5 Å². The zero-order chi connectivity index (χ0) is 14.7. The zero-order valence-electron chi connectivity index (χ0n) is 9.77. The Morgan fingerprint density at radius 2 is 2.20 bits per heavy atom. The van der Waals surface area contributed by atoms with Crippen molar-refractivity contribution in [3.8, 4) is 6.07 Å². The van der Waals surface area contributed by atoms with Crippen LogP contribution in [0, 0.1) is 21.4 Å². The van der Waals surface area contributed by atoms with Crippen LogP contribution in [-0.4, -0.2) is 16.0 Å². The van der Waals surface area contributed by atoms with Crippen LogP contribution in [0.25, 0.3) is 0 Å². The number of carboxylic acids is 1. The molecule has 2 aromatic rings. The monoisotopic (exact) mass is 306 g/mol. The maximum absolute atomic E-state index is 10.8. The van der Waals surface area contributed by atoms with E-state index in [4.69, 9.17) is 10.4 Å². The normalized spacial score (nSPS) is 9.95. The highest BCUT2D eigenvalue weighted by atomic mass is 32.2.